The lowest BCUT2D eigenvalue weighted by Gasteiger charge is -2.22. The lowest BCUT2D eigenvalue weighted by Crippen LogP contribution is -2.30. The first kappa shape index (κ1) is 17.2. The zero-order chi connectivity index (χ0) is 15.2. The number of rotatable bonds is 7. The van der Waals surface area contributed by atoms with Gasteiger partial charge in [-0.1, -0.05) is 23.9 Å². The van der Waals surface area contributed by atoms with Crippen LogP contribution in [0, 0.1) is 0 Å². The highest BCUT2D eigenvalue weighted by Gasteiger charge is 2.14. The zero-order valence-electron chi connectivity index (χ0n) is 11.9. The molecule has 1 aromatic rings. The Morgan fingerprint density at radius 3 is 2.55 bits per heavy atom. The molecule has 0 fully saturated rings. The summed E-state index contributed by atoms with van der Waals surface area (Å²) in [4.78, 5) is 0.464. The van der Waals surface area contributed by atoms with Gasteiger partial charge < -0.3 is 15.2 Å². The third-order valence-electron chi connectivity index (χ3n) is 2.34. The summed E-state index contributed by atoms with van der Waals surface area (Å²) in [7, 11) is 0. The molecule has 2 N–H and O–H groups in total. The third-order valence-corrected chi connectivity index (χ3v) is 3.13. The Labute approximate surface area is 122 Å². The monoisotopic (exact) mass is 305 g/mol. The van der Waals surface area contributed by atoms with Gasteiger partial charge in [-0.15, -0.1) is 0 Å². The molecule has 0 radical (unpaired) electrons. The first-order valence-corrected chi connectivity index (χ1v) is 7.25. The van der Waals surface area contributed by atoms with Crippen LogP contribution in [0.5, 0.6) is 0 Å². The van der Waals surface area contributed by atoms with Gasteiger partial charge in [-0.05, 0) is 32.9 Å². The molecular weight excluding hydrogens is 284 g/mol. The quantitative estimate of drug-likeness (QED) is 0.755. The fourth-order valence-corrected chi connectivity index (χ4v) is 2.06. The van der Waals surface area contributed by atoms with Gasteiger partial charge in [0, 0.05) is 17.1 Å². The number of anilines is 1. The van der Waals surface area contributed by atoms with Crippen molar-refractivity contribution in [3.8, 4) is 0 Å². The number of alkyl halides is 2. The van der Waals surface area contributed by atoms with Gasteiger partial charge in [0.1, 0.15) is 0 Å². The van der Waals surface area contributed by atoms with E-state index in [0.717, 1.165) is 0 Å². The van der Waals surface area contributed by atoms with E-state index < -0.39 is 11.9 Å². The average Bonchev–Trinajstić information content (AvgIpc) is 2.34. The smallest absolute Gasteiger partial charge is 0.288 e. The Bertz CT molecular complexity index is 410. The first-order valence-electron chi connectivity index (χ1n) is 6.37. The van der Waals surface area contributed by atoms with E-state index in [1.807, 2.05) is 20.8 Å². The number of aliphatic hydroxyl groups excluding tert-OH is 1. The Balaban J connectivity index is 2.48. The molecule has 1 aromatic carbocycles. The molecule has 0 amide bonds. The fraction of sp³-hybridized carbons (Fsp3) is 0.571. The highest BCUT2D eigenvalue weighted by atomic mass is 32.2. The summed E-state index contributed by atoms with van der Waals surface area (Å²) in [6.45, 7) is 6.16. The van der Waals surface area contributed by atoms with Crippen molar-refractivity contribution in [3.63, 3.8) is 0 Å². The van der Waals surface area contributed by atoms with Crippen LogP contribution in [0.4, 0.5) is 14.5 Å². The van der Waals surface area contributed by atoms with Crippen molar-refractivity contribution in [2.24, 2.45) is 0 Å². The van der Waals surface area contributed by atoms with E-state index in [9.17, 15) is 13.9 Å². The van der Waals surface area contributed by atoms with Crippen molar-refractivity contribution in [1.82, 2.24) is 0 Å². The van der Waals surface area contributed by atoms with Gasteiger partial charge in [-0.25, -0.2) is 0 Å². The van der Waals surface area contributed by atoms with Gasteiger partial charge in [0.05, 0.1) is 18.3 Å². The molecule has 0 heterocycles. The molecule has 1 atom stereocenters. The van der Waals surface area contributed by atoms with Crippen LogP contribution in [-0.2, 0) is 4.74 Å². The molecule has 0 saturated carbocycles. The summed E-state index contributed by atoms with van der Waals surface area (Å²) in [5.74, 6) is -2.47. The van der Waals surface area contributed by atoms with Crippen molar-refractivity contribution in [2.45, 2.75) is 43.1 Å². The number of para-hydroxylation sites is 1. The molecule has 1 unspecified atom stereocenters. The molecule has 0 saturated heterocycles. The average molecular weight is 305 g/mol. The van der Waals surface area contributed by atoms with Crippen LogP contribution in [0.15, 0.2) is 29.2 Å². The second kappa shape index (κ2) is 7.81. The maximum atomic E-state index is 12.4. The van der Waals surface area contributed by atoms with Crippen LogP contribution in [0.25, 0.3) is 0 Å². The van der Waals surface area contributed by atoms with Crippen LogP contribution in [0.3, 0.4) is 0 Å². The molecule has 0 aliphatic carbocycles. The molecule has 6 heteroatoms. The highest BCUT2D eigenvalue weighted by Crippen LogP contribution is 2.31. The summed E-state index contributed by atoms with van der Waals surface area (Å²) in [5.41, 5.74) is 0.275. The molecule has 20 heavy (non-hydrogen) atoms. The Morgan fingerprint density at radius 1 is 1.30 bits per heavy atom. The van der Waals surface area contributed by atoms with E-state index in [0.29, 0.717) is 22.3 Å². The van der Waals surface area contributed by atoms with Crippen LogP contribution in [0.2, 0.25) is 0 Å². The minimum atomic E-state index is -2.47. The second-order valence-electron chi connectivity index (χ2n) is 5.33. The van der Waals surface area contributed by atoms with Crippen molar-refractivity contribution < 1.29 is 18.6 Å². The van der Waals surface area contributed by atoms with E-state index in [4.69, 9.17) is 4.74 Å². The van der Waals surface area contributed by atoms with Gasteiger partial charge in [0.25, 0.3) is 5.76 Å². The fourth-order valence-electron chi connectivity index (χ4n) is 1.44. The standard InChI is InChI=1S/C14H21F2NO2S/c1-14(2,3)19-9-10(18)8-17-11-6-4-5-7-12(11)20-13(15)16/h4-7,10,13,17-18H,8-9H2,1-3H3. The molecule has 114 valence electrons. The second-order valence-corrected chi connectivity index (χ2v) is 6.36. The molecule has 0 spiro atoms. The lowest BCUT2D eigenvalue weighted by molar-refractivity contribution is -0.0449. The molecule has 3 nitrogen and oxygen atoms in total. The predicted octanol–water partition coefficient (Wildman–Crippen LogP) is 3.59. The normalized spacial score (nSPS) is 13.6. The van der Waals surface area contributed by atoms with E-state index >= 15 is 0 Å². The van der Waals surface area contributed by atoms with Crippen LogP contribution < -0.4 is 5.32 Å². The summed E-state index contributed by atoms with van der Waals surface area (Å²) >= 11 is 0.486. The Kier molecular flexibility index (Phi) is 6.71. The number of hydrogen-bond donors (Lipinski definition) is 2. The number of ether oxygens (including phenoxy) is 1. The number of thioether (sulfide) groups is 1. The van der Waals surface area contributed by atoms with E-state index in [1.165, 1.54) is 0 Å². The van der Waals surface area contributed by atoms with Gasteiger partial charge in [0.2, 0.25) is 0 Å². The number of benzene rings is 1. The Morgan fingerprint density at radius 2 is 1.95 bits per heavy atom. The zero-order valence-corrected chi connectivity index (χ0v) is 12.7. The highest BCUT2D eigenvalue weighted by molar-refractivity contribution is 7.99. The molecule has 0 aliphatic rings. The molecule has 0 aromatic heterocycles. The summed E-state index contributed by atoms with van der Waals surface area (Å²) < 4.78 is 30.3. The van der Waals surface area contributed by atoms with Crippen LogP contribution in [0.1, 0.15) is 20.8 Å². The van der Waals surface area contributed by atoms with Crippen molar-refractivity contribution in [2.75, 3.05) is 18.5 Å². The van der Waals surface area contributed by atoms with Gasteiger partial charge >= 0.3 is 0 Å². The van der Waals surface area contributed by atoms with Crippen molar-refractivity contribution in [1.29, 1.82) is 0 Å². The van der Waals surface area contributed by atoms with Crippen LogP contribution >= 0.6 is 11.8 Å². The molecule has 0 aliphatic heterocycles. The molecule has 0 bridgehead atoms. The van der Waals surface area contributed by atoms with E-state index in [1.54, 1.807) is 24.3 Å². The molecule has 1 rings (SSSR count). The summed E-state index contributed by atoms with van der Waals surface area (Å²) in [5, 5.41) is 12.8. The number of nitrogens with one attached hydrogen (secondary N) is 1. The van der Waals surface area contributed by atoms with Crippen molar-refractivity contribution in [3.05, 3.63) is 24.3 Å². The maximum Gasteiger partial charge on any atom is 0.288 e. The molecular formula is C14H21F2NO2S. The summed E-state index contributed by atoms with van der Waals surface area (Å²) in [6.07, 6.45) is -0.696. The minimum Gasteiger partial charge on any atom is -0.389 e. The van der Waals surface area contributed by atoms with Gasteiger partial charge in [-0.2, -0.15) is 8.78 Å². The van der Waals surface area contributed by atoms with Gasteiger partial charge in [-0.3, -0.25) is 0 Å². The first-order chi connectivity index (χ1) is 9.28. The number of hydrogen-bond acceptors (Lipinski definition) is 4. The number of aliphatic hydroxyl groups is 1. The third kappa shape index (κ3) is 7.07. The van der Waals surface area contributed by atoms with E-state index in [2.05, 4.69) is 5.32 Å². The lowest BCUT2D eigenvalue weighted by atomic mass is 10.2. The topological polar surface area (TPSA) is 41.5 Å². The SMILES string of the molecule is CC(C)(C)OCC(O)CNc1ccccc1SC(F)F. The minimum absolute atomic E-state index is 0.195. The maximum absolute atomic E-state index is 12.4. The summed E-state index contributed by atoms with van der Waals surface area (Å²) in [6, 6.07) is 6.80. The largest absolute Gasteiger partial charge is 0.389 e. The number of halogens is 2. The predicted molar refractivity (Wildman–Crippen MR) is 78.5 cm³/mol. The van der Waals surface area contributed by atoms with Gasteiger partial charge in [0.15, 0.2) is 0 Å². The Hall–Kier alpha value is -0.850. The van der Waals surface area contributed by atoms with E-state index in [-0.39, 0.29) is 18.8 Å². The van der Waals surface area contributed by atoms with Crippen molar-refractivity contribution >= 4 is 17.4 Å². The van der Waals surface area contributed by atoms with Crippen LogP contribution in [-0.4, -0.2) is 35.7 Å².